The summed E-state index contributed by atoms with van der Waals surface area (Å²) in [6, 6.07) is 0. The van der Waals surface area contributed by atoms with Crippen LogP contribution in [-0.2, 0) is 38.0 Å². The van der Waals surface area contributed by atoms with Crippen LogP contribution in [0.3, 0.4) is 0 Å². The maximum Gasteiger partial charge on any atom is 0.306 e. The lowest BCUT2D eigenvalue weighted by molar-refractivity contribution is -0.332. The quantitative estimate of drug-likeness (QED) is 0.0173. The van der Waals surface area contributed by atoms with Crippen LogP contribution in [0, 0.1) is 0 Å². The van der Waals surface area contributed by atoms with Gasteiger partial charge in [0.2, 0.25) is 0 Å². The number of ether oxygens (including phenoxy) is 6. The molecule has 11 atom stereocenters. The van der Waals surface area contributed by atoms with Crippen molar-refractivity contribution in [1.29, 1.82) is 0 Å². The van der Waals surface area contributed by atoms with Crippen molar-refractivity contribution in [2.45, 2.75) is 255 Å². The number of hydrogen-bond acceptors (Lipinski definition) is 15. The summed E-state index contributed by atoms with van der Waals surface area (Å²) in [6.07, 6.45) is 32.4. The van der Waals surface area contributed by atoms with Crippen LogP contribution in [0.25, 0.3) is 0 Å². The van der Waals surface area contributed by atoms with Gasteiger partial charge >= 0.3 is 11.9 Å². The number of carbonyl (C=O) groups is 2. The number of allylic oxidation sites excluding steroid dienone is 10. The molecule has 2 heterocycles. The van der Waals surface area contributed by atoms with E-state index in [1.165, 1.54) is 44.9 Å². The molecule has 0 aromatic carbocycles. The Hall–Kier alpha value is -2.80. The van der Waals surface area contributed by atoms with Gasteiger partial charge in [-0.3, -0.25) is 9.59 Å². The Bertz CT molecular complexity index is 1470. The van der Waals surface area contributed by atoms with E-state index in [1.54, 1.807) is 0 Å². The molecule has 2 rings (SSSR count). The third-order valence-electron chi connectivity index (χ3n) is 12.7. The van der Waals surface area contributed by atoms with Crippen LogP contribution in [0.15, 0.2) is 60.8 Å². The number of unbranched alkanes of at least 4 members (excludes halogenated alkanes) is 18. The van der Waals surface area contributed by atoms with Gasteiger partial charge in [0.05, 0.1) is 19.8 Å². The van der Waals surface area contributed by atoms with Crippen molar-refractivity contribution in [2.24, 2.45) is 0 Å². The van der Waals surface area contributed by atoms with Gasteiger partial charge in [0.1, 0.15) is 55.4 Å². The standard InChI is InChI=1S/C56H96O15/c1-3-5-7-9-11-13-15-17-19-21-22-23-25-27-29-31-33-35-37-39-48(59)69-44(41-66-47(58)38-36-34-32-30-28-26-24-20-18-16-14-12-10-8-6-4-2)42-67-55-54(65)52(63)50(61)46(71-55)43-68-56-53(64)51(62)49(60)45(40-57)70-56/h5,7,11,13,17,19-20,22-24,44-46,49-57,60-65H,3-4,6,8-10,12,14-16,18,21,25-43H2,1-2H3/b7-5-,13-11-,19-17-,23-22-,24-20-. The molecule has 15 nitrogen and oxygen atoms in total. The van der Waals surface area contributed by atoms with Crippen LogP contribution in [0.2, 0.25) is 0 Å². The van der Waals surface area contributed by atoms with Crippen molar-refractivity contribution in [3.05, 3.63) is 60.8 Å². The lowest BCUT2D eigenvalue weighted by Crippen LogP contribution is -2.61. The van der Waals surface area contributed by atoms with Crippen LogP contribution in [0.4, 0.5) is 0 Å². The zero-order valence-electron chi connectivity index (χ0n) is 43.4. The predicted molar refractivity (Wildman–Crippen MR) is 275 cm³/mol. The van der Waals surface area contributed by atoms with Gasteiger partial charge in [-0.15, -0.1) is 0 Å². The fourth-order valence-corrected chi connectivity index (χ4v) is 8.26. The van der Waals surface area contributed by atoms with E-state index < -0.39 is 99.3 Å². The van der Waals surface area contributed by atoms with Crippen LogP contribution < -0.4 is 0 Å². The molecular formula is C56H96O15. The molecule has 0 bridgehead atoms. The Morgan fingerprint density at radius 3 is 1.41 bits per heavy atom. The highest BCUT2D eigenvalue weighted by atomic mass is 16.7. The molecule has 0 amide bonds. The van der Waals surface area contributed by atoms with E-state index in [9.17, 15) is 45.3 Å². The van der Waals surface area contributed by atoms with Gasteiger partial charge < -0.3 is 64.2 Å². The van der Waals surface area contributed by atoms with E-state index in [1.807, 2.05) is 0 Å². The van der Waals surface area contributed by atoms with Crippen molar-refractivity contribution >= 4 is 11.9 Å². The number of aliphatic hydroxyl groups is 7. The van der Waals surface area contributed by atoms with Gasteiger partial charge in [-0.2, -0.15) is 0 Å². The van der Waals surface area contributed by atoms with Crippen LogP contribution >= 0.6 is 0 Å². The second kappa shape index (κ2) is 42.5. The van der Waals surface area contributed by atoms with E-state index in [0.717, 1.165) is 103 Å². The van der Waals surface area contributed by atoms with E-state index in [2.05, 4.69) is 74.6 Å². The smallest absolute Gasteiger partial charge is 0.306 e. The monoisotopic (exact) mass is 1010 g/mol. The summed E-state index contributed by atoms with van der Waals surface area (Å²) >= 11 is 0. The van der Waals surface area contributed by atoms with Crippen molar-refractivity contribution in [1.82, 2.24) is 0 Å². The molecule has 0 aliphatic carbocycles. The first kappa shape index (κ1) is 64.3. The average molecular weight is 1010 g/mol. The van der Waals surface area contributed by atoms with Crippen LogP contribution in [0.5, 0.6) is 0 Å². The summed E-state index contributed by atoms with van der Waals surface area (Å²) in [5, 5.41) is 72.2. The fourth-order valence-electron chi connectivity index (χ4n) is 8.26. The van der Waals surface area contributed by atoms with Gasteiger partial charge in [0.25, 0.3) is 0 Å². The summed E-state index contributed by atoms with van der Waals surface area (Å²) in [5.74, 6) is -0.952. The molecule has 2 aliphatic rings. The highest BCUT2D eigenvalue weighted by Gasteiger charge is 2.47. The Morgan fingerprint density at radius 1 is 0.465 bits per heavy atom. The molecule has 0 aromatic heterocycles. The molecule has 2 saturated heterocycles. The second-order valence-corrected chi connectivity index (χ2v) is 19.0. The molecule has 410 valence electrons. The number of aliphatic hydroxyl groups excluding tert-OH is 7. The molecule has 15 heteroatoms. The third kappa shape index (κ3) is 30.2. The van der Waals surface area contributed by atoms with E-state index >= 15 is 0 Å². The van der Waals surface area contributed by atoms with Gasteiger partial charge in [-0.1, -0.05) is 158 Å². The number of rotatable bonds is 42. The summed E-state index contributed by atoms with van der Waals surface area (Å²) in [4.78, 5) is 25.8. The first-order valence-electron chi connectivity index (χ1n) is 27.4. The van der Waals surface area contributed by atoms with Gasteiger partial charge in [0, 0.05) is 12.8 Å². The third-order valence-corrected chi connectivity index (χ3v) is 12.7. The Balaban J connectivity index is 1.80. The van der Waals surface area contributed by atoms with E-state index in [0.29, 0.717) is 12.8 Å². The highest BCUT2D eigenvalue weighted by molar-refractivity contribution is 5.70. The second-order valence-electron chi connectivity index (χ2n) is 19.0. The Labute approximate surface area is 426 Å². The molecular weight excluding hydrogens is 913 g/mol. The summed E-state index contributed by atoms with van der Waals surface area (Å²) in [6.45, 7) is 2.46. The normalized spacial score (nSPS) is 25.6. The summed E-state index contributed by atoms with van der Waals surface area (Å²) < 4.78 is 33.6. The number of hydrogen-bond donors (Lipinski definition) is 7. The number of esters is 2. The van der Waals surface area contributed by atoms with Crippen LogP contribution in [-0.4, -0.2) is 142 Å². The first-order chi connectivity index (χ1) is 34.5. The maximum atomic E-state index is 13.0. The Morgan fingerprint density at radius 2 is 0.887 bits per heavy atom. The van der Waals surface area contributed by atoms with Gasteiger partial charge in [-0.25, -0.2) is 0 Å². The van der Waals surface area contributed by atoms with Crippen LogP contribution in [0.1, 0.15) is 187 Å². The largest absolute Gasteiger partial charge is 0.462 e. The van der Waals surface area contributed by atoms with Gasteiger partial charge in [-0.05, 0) is 77.0 Å². The molecule has 2 aliphatic heterocycles. The molecule has 0 saturated carbocycles. The van der Waals surface area contributed by atoms with Crippen molar-refractivity contribution < 1.29 is 73.8 Å². The van der Waals surface area contributed by atoms with E-state index in [4.69, 9.17) is 28.4 Å². The van der Waals surface area contributed by atoms with Crippen molar-refractivity contribution in [3.63, 3.8) is 0 Å². The average Bonchev–Trinajstić information content (AvgIpc) is 3.36. The fraction of sp³-hybridized carbons (Fsp3) is 0.786. The molecule has 0 aromatic rings. The summed E-state index contributed by atoms with van der Waals surface area (Å²) in [7, 11) is 0. The first-order valence-corrected chi connectivity index (χ1v) is 27.4. The molecule has 11 unspecified atom stereocenters. The topological polar surface area (TPSA) is 231 Å². The SMILES string of the molecule is CC/C=C\C/C=C\C/C=C\C/C=C\CCCCCCCCC(=O)OC(COC(=O)CCCCCCC/C=C\CCCCCCCCC)COC1OC(COC2OC(CO)C(O)C(O)C2O)C(O)C(O)C1O. The summed E-state index contributed by atoms with van der Waals surface area (Å²) in [5.41, 5.74) is 0. The minimum absolute atomic E-state index is 0.145. The molecule has 2 fully saturated rings. The predicted octanol–water partition coefficient (Wildman–Crippen LogP) is 8.44. The number of carbonyl (C=O) groups excluding carboxylic acids is 2. The van der Waals surface area contributed by atoms with Crippen molar-refractivity contribution in [3.8, 4) is 0 Å². The molecule has 7 N–H and O–H groups in total. The van der Waals surface area contributed by atoms with Gasteiger partial charge in [0.15, 0.2) is 18.7 Å². The minimum Gasteiger partial charge on any atom is -0.462 e. The highest BCUT2D eigenvalue weighted by Crippen LogP contribution is 2.26. The molecule has 0 radical (unpaired) electrons. The molecule has 0 spiro atoms. The van der Waals surface area contributed by atoms with Crippen molar-refractivity contribution in [2.75, 3.05) is 26.4 Å². The maximum absolute atomic E-state index is 13.0. The lowest BCUT2D eigenvalue weighted by atomic mass is 9.98. The van der Waals surface area contributed by atoms with E-state index in [-0.39, 0.29) is 19.4 Å². The molecule has 71 heavy (non-hydrogen) atoms. The Kier molecular flexibility index (Phi) is 38.5. The zero-order valence-corrected chi connectivity index (χ0v) is 43.4. The lowest BCUT2D eigenvalue weighted by Gasteiger charge is -2.42. The zero-order chi connectivity index (χ0) is 51.7. The minimum atomic E-state index is -1.77.